The summed E-state index contributed by atoms with van der Waals surface area (Å²) in [7, 11) is -0.0276. The van der Waals surface area contributed by atoms with Gasteiger partial charge in [-0.25, -0.2) is 13.4 Å². The summed E-state index contributed by atoms with van der Waals surface area (Å²) in [6, 6.07) is 1.26. The van der Waals surface area contributed by atoms with Crippen molar-refractivity contribution in [2.75, 3.05) is 32.9 Å². The number of pyridine rings is 1. The van der Waals surface area contributed by atoms with Crippen LogP contribution in [0.25, 0.3) is 0 Å². The molecule has 0 bridgehead atoms. The zero-order valence-electron chi connectivity index (χ0n) is 13.2. The lowest BCUT2D eigenvalue weighted by Gasteiger charge is -2.36. The van der Waals surface area contributed by atoms with E-state index >= 15 is 0 Å². The monoisotopic (exact) mass is 346 g/mol. The average Bonchev–Trinajstić information content (AvgIpc) is 2.48. The molecule has 0 aliphatic carbocycles. The van der Waals surface area contributed by atoms with E-state index in [9.17, 15) is 8.42 Å². The highest BCUT2D eigenvalue weighted by Crippen LogP contribution is 2.29. The van der Waals surface area contributed by atoms with Crippen LogP contribution in [0.4, 0.5) is 5.82 Å². The van der Waals surface area contributed by atoms with E-state index in [1.54, 1.807) is 7.05 Å². The van der Waals surface area contributed by atoms with Gasteiger partial charge in [-0.15, -0.1) is 0 Å². The molecule has 2 rings (SSSR count). The van der Waals surface area contributed by atoms with Crippen LogP contribution >= 0.6 is 11.6 Å². The second-order valence-electron chi connectivity index (χ2n) is 5.94. The lowest BCUT2D eigenvalue weighted by Crippen LogP contribution is -2.44. The van der Waals surface area contributed by atoms with Crippen LogP contribution in [0.1, 0.15) is 19.8 Å². The first-order valence-electron chi connectivity index (χ1n) is 7.31. The van der Waals surface area contributed by atoms with Crippen molar-refractivity contribution in [2.24, 2.45) is 5.92 Å². The van der Waals surface area contributed by atoms with Crippen molar-refractivity contribution >= 4 is 27.4 Å². The number of nitrogens with zero attached hydrogens (tertiary/aromatic N) is 3. The van der Waals surface area contributed by atoms with Gasteiger partial charge in [-0.05, 0) is 51.9 Å². The first kappa shape index (κ1) is 17.5. The van der Waals surface area contributed by atoms with Crippen molar-refractivity contribution in [3.63, 3.8) is 0 Å². The molecule has 124 valence electrons. The predicted molar refractivity (Wildman–Crippen MR) is 88.3 cm³/mol. The summed E-state index contributed by atoms with van der Waals surface area (Å²) in [4.78, 5) is 6.08. The number of halogens is 1. The lowest BCUT2D eigenvalue weighted by atomic mass is 9.91. The first-order chi connectivity index (χ1) is 10.2. The molecule has 6 nitrogen and oxygen atoms in total. The summed E-state index contributed by atoms with van der Waals surface area (Å²) >= 11 is 5.87. The maximum atomic E-state index is 12.8. The molecule has 1 aromatic heterocycles. The smallest absolute Gasteiger partial charge is 0.246 e. The van der Waals surface area contributed by atoms with Crippen molar-refractivity contribution in [1.82, 2.24) is 14.2 Å². The van der Waals surface area contributed by atoms with Gasteiger partial charge in [0.2, 0.25) is 10.0 Å². The van der Waals surface area contributed by atoms with E-state index in [-0.39, 0.29) is 21.8 Å². The average molecular weight is 347 g/mol. The molecule has 1 aromatic rings. The number of sulfonamides is 1. The molecule has 2 heterocycles. The van der Waals surface area contributed by atoms with Gasteiger partial charge < -0.3 is 10.6 Å². The van der Waals surface area contributed by atoms with Gasteiger partial charge in [0.05, 0.1) is 5.02 Å². The minimum absolute atomic E-state index is 0.0215. The molecule has 8 heteroatoms. The molecule has 1 saturated heterocycles. The Morgan fingerprint density at radius 1 is 1.45 bits per heavy atom. The quantitative estimate of drug-likeness (QED) is 0.897. The third kappa shape index (κ3) is 3.53. The third-order valence-corrected chi connectivity index (χ3v) is 6.70. The maximum absolute atomic E-state index is 12.8. The highest BCUT2D eigenvalue weighted by Gasteiger charge is 2.33. The van der Waals surface area contributed by atoms with Crippen LogP contribution in [-0.2, 0) is 10.0 Å². The molecule has 0 radical (unpaired) electrons. The number of piperidine rings is 1. The normalized spacial score (nSPS) is 19.5. The number of aromatic nitrogens is 1. The van der Waals surface area contributed by atoms with Crippen LogP contribution in [0.3, 0.4) is 0 Å². The van der Waals surface area contributed by atoms with E-state index < -0.39 is 10.0 Å². The van der Waals surface area contributed by atoms with Gasteiger partial charge >= 0.3 is 0 Å². The fourth-order valence-electron chi connectivity index (χ4n) is 2.82. The van der Waals surface area contributed by atoms with Crippen LogP contribution in [0.2, 0.25) is 5.02 Å². The number of likely N-dealkylation sites (tertiary alicyclic amines) is 1. The number of nitrogens with two attached hydrogens (primary N) is 1. The van der Waals surface area contributed by atoms with Crippen LogP contribution in [0.15, 0.2) is 17.2 Å². The van der Waals surface area contributed by atoms with Gasteiger partial charge in [-0.2, -0.15) is 4.31 Å². The molecule has 1 aliphatic rings. The first-order valence-corrected chi connectivity index (χ1v) is 9.13. The Kier molecular flexibility index (Phi) is 5.32. The topological polar surface area (TPSA) is 79.5 Å². The molecule has 0 spiro atoms. The van der Waals surface area contributed by atoms with Crippen LogP contribution in [0.5, 0.6) is 0 Å². The van der Waals surface area contributed by atoms with E-state index in [0.29, 0.717) is 5.92 Å². The number of hydrogen-bond donors (Lipinski definition) is 1. The van der Waals surface area contributed by atoms with E-state index in [0.717, 1.165) is 25.9 Å². The standard InChI is InChI=1S/C14H23ClN4O2S/c1-10(11-4-6-18(2)7-5-11)19(3)22(20,21)13-8-12(15)9-17-14(13)16/h8-11H,4-7H2,1-3H3,(H2,16,17)/t10-/m1/s1. The predicted octanol–water partition coefficient (Wildman–Crippen LogP) is 1.67. The zero-order chi connectivity index (χ0) is 16.5. The largest absolute Gasteiger partial charge is 0.383 e. The molecule has 1 fully saturated rings. The fraction of sp³-hybridized carbons (Fsp3) is 0.643. The Hall–Kier alpha value is -0.890. The Labute approximate surface area is 137 Å². The van der Waals surface area contributed by atoms with Gasteiger partial charge in [0, 0.05) is 19.3 Å². The minimum atomic E-state index is -3.71. The fourth-order valence-corrected chi connectivity index (χ4v) is 4.56. The highest BCUT2D eigenvalue weighted by molar-refractivity contribution is 7.89. The van der Waals surface area contributed by atoms with Gasteiger partial charge in [-0.1, -0.05) is 11.6 Å². The summed E-state index contributed by atoms with van der Waals surface area (Å²) in [5.74, 6) is 0.316. The summed E-state index contributed by atoms with van der Waals surface area (Å²) in [5.41, 5.74) is 5.73. The van der Waals surface area contributed by atoms with Crippen molar-refractivity contribution in [3.05, 3.63) is 17.3 Å². The van der Waals surface area contributed by atoms with Crippen LogP contribution in [0, 0.1) is 5.92 Å². The van der Waals surface area contributed by atoms with Gasteiger partial charge in [0.15, 0.2) is 0 Å². The van der Waals surface area contributed by atoms with Crippen LogP contribution < -0.4 is 5.73 Å². The minimum Gasteiger partial charge on any atom is -0.383 e. The second kappa shape index (κ2) is 6.70. The van der Waals surface area contributed by atoms with E-state index in [1.165, 1.54) is 16.6 Å². The molecule has 0 aromatic carbocycles. The molecule has 0 saturated carbocycles. The van der Waals surface area contributed by atoms with Gasteiger partial charge in [-0.3, -0.25) is 0 Å². The van der Waals surface area contributed by atoms with Crippen molar-refractivity contribution in [3.8, 4) is 0 Å². The molecule has 22 heavy (non-hydrogen) atoms. The zero-order valence-corrected chi connectivity index (χ0v) is 14.7. The number of hydrogen-bond acceptors (Lipinski definition) is 5. The highest BCUT2D eigenvalue weighted by atomic mass is 35.5. The summed E-state index contributed by atoms with van der Waals surface area (Å²) in [5, 5.41) is 0.258. The Morgan fingerprint density at radius 2 is 2.05 bits per heavy atom. The van der Waals surface area contributed by atoms with E-state index in [4.69, 9.17) is 17.3 Å². The molecule has 0 amide bonds. The van der Waals surface area contributed by atoms with E-state index in [2.05, 4.69) is 16.9 Å². The molecule has 1 atom stereocenters. The van der Waals surface area contributed by atoms with E-state index in [1.807, 2.05) is 6.92 Å². The Morgan fingerprint density at radius 3 is 2.64 bits per heavy atom. The summed E-state index contributed by atoms with van der Waals surface area (Å²) in [6.07, 6.45) is 3.32. The lowest BCUT2D eigenvalue weighted by molar-refractivity contribution is 0.165. The third-order valence-electron chi connectivity index (χ3n) is 4.52. The molecule has 2 N–H and O–H groups in total. The van der Waals surface area contributed by atoms with Crippen LogP contribution in [-0.4, -0.2) is 55.8 Å². The van der Waals surface area contributed by atoms with Crippen molar-refractivity contribution < 1.29 is 8.42 Å². The number of rotatable bonds is 4. The number of nitrogen functional groups attached to an aromatic ring is 1. The molecular formula is C14H23ClN4O2S. The second-order valence-corrected chi connectivity index (χ2v) is 8.34. The number of anilines is 1. The molecule has 1 aliphatic heterocycles. The molecular weight excluding hydrogens is 324 g/mol. The Bertz CT molecular complexity index is 630. The summed E-state index contributed by atoms with van der Waals surface area (Å²) in [6.45, 7) is 3.93. The van der Waals surface area contributed by atoms with Gasteiger partial charge in [0.25, 0.3) is 0 Å². The maximum Gasteiger partial charge on any atom is 0.246 e. The SMILES string of the molecule is C[C@H](C1CCN(C)CC1)N(C)S(=O)(=O)c1cc(Cl)cnc1N. The van der Waals surface area contributed by atoms with Crippen molar-refractivity contribution in [1.29, 1.82) is 0 Å². The molecule has 0 unspecified atom stereocenters. The van der Waals surface area contributed by atoms with Gasteiger partial charge in [0.1, 0.15) is 10.7 Å². The summed E-state index contributed by atoms with van der Waals surface area (Å²) < 4.78 is 27.0. The Balaban J connectivity index is 2.23. The van der Waals surface area contributed by atoms with Crippen molar-refractivity contribution in [2.45, 2.75) is 30.7 Å².